The molecule has 0 aliphatic heterocycles. The summed E-state index contributed by atoms with van der Waals surface area (Å²) in [5.41, 5.74) is 3.59. The van der Waals surface area contributed by atoms with Crippen LogP contribution in [0.4, 0.5) is 0 Å². The summed E-state index contributed by atoms with van der Waals surface area (Å²) in [6, 6.07) is 19.2. The highest BCUT2D eigenvalue weighted by Crippen LogP contribution is 2.25. The predicted molar refractivity (Wildman–Crippen MR) is 125 cm³/mol. The zero-order valence-electron chi connectivity index (χ0n) is 18.4. The lowest BCUT2D eigenvalue weighted by atomic mass is 10.0. The summed E-state index contributed by atoms with van der Waals surface area (Å²) in [5, 5.41) is 3.33. The smallest absolute Gasteiger partial charge is 0.339 e. The lowest BCUT2D eigenvalue weighted by Gasteiger charge is -2.10. The van der Waals surface area contributed by atoms with Crippen molar-refractivity contribution in [1.29, 1.82) is 0 Å². The number of nitrogens with zero attached hydrogens (tertiary/aromatic N) is 2. The Labute approximate surface area is 195 Å². The van der Waals surface area contributed by atoms with Crippen molar-refractivity contribution in [2.24, 2.45) is 0 Å². The molecular weight excluding hydrogens is 434 g/mol. The van der Waals surface area contributed by atoms with Crippen LogP contribution in [0.25, 0.3) is 22.2 Å². The third kappa shape index (κ3) is 5.24. The molecule has 4 rings (SSSR count). The molecule has 170 valence electrons. The number of carbonyl (C=O) groups is 3. The van der Waals surface area contributed by atoms with Crippen LogP contribution in [-0.2, 0) is 20.8 Å². The first-order chi connectivity index (χ1) is 16.5. The molecule has 8 heteroatoms. The minimum atomic E-state index is -0.619. The number of rotatable bonds is 7. The first kappa shape index (κ1) is 22.6. The van der Waals surface area contributed by atoms with Crippen molar-refractivity contribution in [2.45, 2.75) is 6.54 Å². The van der Waals surface area contributed by atoms with E-state index in [0.29, 0.717) is 27.7 Å². The number of pyridine rings is 2. The summed E-state index contributed by atoms with van der Waals surface area (Å²) in [4.78, 5) is 45.2. The summed E-state index contributed by atoms with van der Waals surface area (Å²) in [7, 11) is 1.31. The molecule has 0 unspecified atom stereocenters. The molecule has 34 heavy (non-hydrogen) atoms. The Kier molecular flexibility index (Phi) is 6.88. The van der Waals surface area contributed by atoms with Gasteiger partial charge in [0.05, 0.1) is 29.4 Å². The van der Waals surface area contributed by atoms with Gasteiger partial charge in [-0.15, -0.1) is 0 Å². The van der Waals surface area contributed by atoms with Crippen LogP contribution in [0.1, 0.15) is 26.3 Å². The number of para-hydroxylation sites is 1. The standard InChI is InChI=1S/C26H21N3O5/c1-33-25(31)19-8-6-17(7-9-19)15-28-24(30)16-34-26(32)21-14-23(18-10-12-27-13-11-18)29-22-5-3-2-4-20(21)22/h2-14H,15-16H2,1H3,(H,28,30). The largest absolute Gasteiger partial charge is 0.465 e. The van der Waals surface area contributed by atoms with Gasteiger partial charge in [0.1, 0.15) is 0 Å². The summed E-state index contributed by atoms with van der Waals surface area (Å²) in [6.45, 7) is -0.206. The quantitative estimate of drug-likeness (QED) is 0.425. The second-order valence-electron chi connectivity index (χ2n) is 7.35. The van der Waals surface area contributed by atoms with Crippen LogP contribution in [0, 0.1) is 0 Å². The van der Waals surface area contributed by atoms with E-state index in [1.807, 2.05) is 18.2 Å². The molecule has 0 atom stereocenters. The summed E-state index contributed by atoms with van der Waals surface area (Å²) < 4.78 is 9.95. The van der Waals surface area contributed by atoms with Gasteiger partial charge in [-0.05, 0) is 42.0 Å². The molecule has 1 N–H and O–H groups in total. The maximum atomic E-state index is 12.9. The molecule has 2 heterocycles. The zero-order valence-corrected chi connectivity index (χ0v) is 18.4. The number of aromatic nitrogens is 2. The number of hydrogen-bond donors (Lipinski definition) is 1. The van der Waals surface area contributed by atoms with E-state index in [0.717, 1.165) is 11.1 Å². The molecule has 0 saturated carbocycles. The van der Waals surface area contributed by atoms with Crippen molar-refractivity contribution in [3.63, 3.8) is 0 Å². The number of nitrogens with one attached hydrogen (secondary N) is 1. The van der Waals surface area contributed by atoms with Gasteiger partial charge in [-0.1, -0.05) is 30.3 Å². The number of benzene rings is 2. The van der Waals surface area contributed by atoms with Gasteiger partial charge in [0, 0.05) is 29.9 Å². The molecule has 0 radical (unpaired) electrons. The molecule has 2 aromatic carbocycles. The van der Waals surface area contributed by atoms with E-state index in [-0.39, 0.29) is 6.54 Å². The van der Waals surface area contributed by atoms with Crippen LogP contribution < -0.4 is 5.32 Å². The highest BCUT2D eigenvalue weighted by atomic mass is 16.5. The SMILES string of the molecule is COC(=O)c1ccc(CNC(=O)COC(=O)c2cc(-c3ccncc3)nc3ccccc23)cc1. The lowest BCUT2D eigenvalue weighted by molar-refractivity contribution is -0.124. The Hall–Kier alpha value is -4.59. The molecule has 0 fully saturated rings. The molecule has 0 spiro atoms. The van der Waals surface area contributed by atoms with Gasteiger partial charge in [0.25, 0.3) is 5.91 Å². The Bertz CT molecular complexity index is 1340. The molecule has 0 saturated heterocycles. The molecular formula is C26H21N3O5. The van der Waals surface area contributed by atoms with Gasteiger partial charge in [0.15, 0.2) is 6.61 Å². The second-order valence-corrected chi connectivity index (χ2v) is 7.35. The highest BCUT2D eigenvalue weighted by molar-refractivity contribution is 6.05. The second kappa shape index (κ2) is 10.4. The maximum Gasteiger partial charge on any atom is 0.339 e. The summed E-state index contributed by atoms with van der Waals surface area (Å²) in [6.07, 6.45) is 3.30. The van der Waals surface area contributed by atoms with Crippen LogP contribution in [-0.4, -0.2) is 41.5 Å². The van der Waals surface area contributed by atoms with E-state index in [1.54, 1.807) is 60.9 Å². The number of carbonyl (C=O) groups excluding carboxylic acids is 3. The Morgan fingerprint density at radius 3 is 2.38 bits per heavy atom. The van der Waals surface area contributed by atoms with E-state index in [2.05, 4.69) is 20.0 Å². The van der Waals surface area contributed by atoms with Crippen LogP contribution in [0.15, 0.2) is 79.1 Å². The Morgan fingerprint density at radius 2 is 1.65 bits per heavy atom. The van der Waals surface area contributed by atoms with E-state index in [4.69, 9.17) is 4.74 Å². The van der Waals surface area contributed by atoms with Gasteiger partial charge in [-0.2, -0.15) is 0 Å². The molecule has 0 bridgehead atoms. The molecule has 4 aromatic rings. The number of esters is 2. The number of hydrogen-bond acceptors (Lipinski definition) is 7. The first-order valence-electron chi connectivity index (χ1n) is 10.5. The van der Waals surface area contributed by atoms with Gasteiger partial charge < -0.3 is 14.8 Å². The Morgan fingerprint density at radius 1 is 0.912 bits per heavy atom. The Balaban J connectivity index is 1.42. The number of methoxy groups -OCH3 is 1. The van der Waals surface area contributed by atoms with Crippen LogP contribution >= 0.6 is 0 Å². The van der Waals surface area contributed by atoms with Crippen molar-refractivity contribution < 1.29 is 23.9 Å². The third-order valence-corrected chi connectivity index (χ3v) is 5.11. The van der Waals surface area contributed by atoms with Crippen LogP contribution in [0.3, 0.4) is 0 Å². The lowest BCUT2D eigenvalue weighted by Crippen LogP contribution is -2.28. The maximum absolute atomic E-state index is 12.9. The first-order valence-corrected chi connectivity index (χ1v) is 10.5. The van der Waals surface area contributed by atoms with Crippen molar-refractivity contribution >= 4 is 28.7 Å². The highest BCUT2D eigenvalue weighted by Gasteiger charge is 2.16. The van der Waals surface area contributed by atoms with Crippen molar-refractivity contribution in [3.05, 3.63) is 95.8 Å². The minimum Gasteiger partial charge on any atom is -0.465 e. The van der Waals surface area contributed by atoms with E-state index < -0.39 is 24.5 Å². The van der Waals surface area contributed by atoms with Crippen molar-refractivity contribution in [2.75, 3.05) is 13.7 Å². The van der Waals surface area contributed by atoms with Gasteiger partial charge in [0.2, 0.25) is 0 Å². The molecule has 0 aliphatic carbocycles. The summed E-state index contributed by atoms with van der Waals surface area (Å²) in [5.74, 6) is -1.50. The summed E-state index contributed by atoms with van der Waals surface area (Å²) >= 11 is 0. The molecule has 8 nitrogen and oxygen atoms in total. The number of ether oxygens (including phenoxy) is 2. The molecule has 1 amide bonds. The topological polar surface area (TPSA) is 107 Å². The number of fused-ring (bicyclic) bond motifs is 1. The van der Waals surface area contributed by atoms with Crippen LogP contribution in [0.5, 0.6) is 0 Å². The van der Waals surface area contributed by atoms with Gasteiger partial charge in [-0.25, -0.2) is 14.6 Å². The fourth-order valence-corrected chi connectivity index (χ4v) is 3.35. The van der Waals surface area contributed by atoms with Crippen molar-refractivity contribution in [3.8, 4) is 11.3 Å². The molecule has 0 aliphatic rings. The number of amides is 1. The third-order valence-electron chi connectivity index (χ3n) is 5.11. The van der Waals surface area contributed by atoms with E-state index in [9.17, 15) is 14.4 Å². The molecule has 2 aromatic heterocycles. The van der Waals surface area contributed by atoms with E-state index >= 15 is 0 Å². The fourth-order valence-electron chi connectivity index (χ4n) is 3.35. The zero-order chi connectivity index (χ0) is 23.9. The fraction of sp³-hybridized carbons (Fsp3) is 0.115. The average molecular weight is 455 g/mol. The van der Waals surface area contributed by atoms with Gasteiger partial charge >= 0.3 is 11.9 Å². The van der Waals surface area contributed by atoms with Gasteiger partial charge in [-0.3, -0.25) is 9.78 Å². The van der Waals surface area contributed by atoms with Crippen molar-refractivity contribution in [1.82, 2.24) is 15.3 Å². The van der Waals surface area contributed by atoms with Crippen LogP contribution in [0.2, 0.25) is 0 Å². The monoisotopic (exact) mass is 455 g/mol. The minimum absolute atomic E-state index is 0.224. The average Bonchev–Trinajstić information content (AvgIpc) is 2.90. The predicted octanol–water partition coefficient (Wildman–Crippen LogP) is 3.56. The van der Waals surface area contributed by atoms with E-state index in [1.165, 1.54) is 7.11 Å². The normalized spacial score (nSPS) is 10.5.